The van der Waals surface area contributed by atoms with Crippen LogP contribution in [0.15, 0.2) is 35.3 Å². The predicted octanol–water partition coefficient (Wildman–Crippen LogP) is 0.225. The molecule has 1 aromatic heterocycles. The fourth-order valence-electron chi connectivity index (χ4n) is 2.00. The van der Waals surface area contributed by atoms with Crippen molar-refractivity contribution in [3.05, 3.63) is 46.4 Å². The van der Waals surface area contributed by atoms with E-state index in [9.17, 15) is 9.59 Å². The summed E-state index contributed by atoms with van der Waals surface area (Å²) in [6.07, 6.45) is 1.38. The molecule has 0 aliphatic rings. The van der Waals surface area contributed by atoms with Crippen molar-refractivity contribution >= 4 is 16.7 Å². The molecule has 0 radical (unpaired) electrons. The van der Waals surface area contributed by atoms with Gasteiger partial charge >= 0.3 is 5.97 Å². The van der Waals surface area contributed by atoms with E-state index in [2.05, 4.69) is 0 Å². The second-order valence-electron chi connectivity index (χ2n) is 4.12. The number of rotatable bonds is 4. The minimum atomic E-state index is -1.11. The lowest BCUT2D eigenvalue weighted by atomic mass is 10.1. The Morgan fingerprint density at radius 1 is 1.16 bits per heavy atom. The largest absolute Gasteiger partial charge is 0.478 e. The van der Waals surface area contributed by atoms with Crippen LogP contribution in [0.1, 0.15) is 16.4 Å². The van der Waals surface area contributed by atoms with Gasteiger partial charge in [-0.1, -0.05) is 6.07 Å². The molecule has 0 unspecified atom stereocenters. The Bertz CT molecular complexity index is 672. The zero-order valence-corrected chi connectivity index (χ0v) is 9.98. The molecular formula is C13H13NO5. The maximum Gasteiger partial charge on any atom is 0.336 e. The molecule has 1 aromatic carbocycles. The van der Waals surface area contributed by atoms with Crippen LogP contribution in [0.3, 0.4) is 0 Å². The van der Waals surface area contributed by atoms with Crippen LogP contribution in [0, 0.1) is 0 Å². The van der Waals surface area contributed by atoms with Gasteiger partial charge in [-0.2, -0.15) is 0 Å². The summed E-state index contributed by atoms with van der Waals surface area (Å²) in [5.41, 5.74) is -0.389. The quantitative estimate of drug-likeness (QED) is 0.733. The molecule has 6 heteroatoms. The highest BCUT2D eigenvalue weighted by molar-refractivity contribution is 6.03. The molecule has 0 aliphatic heterocycles. The predicted molar refractivity (Wildman–Crippen MR) is 68.4 cm³/mol. The smallest absolute Gasteiger partial charge is 0.336 e. The summed E-state index contributed by atoms with van der Waals surface area (Å²) >= 11 is 0. The molecule has 19 heavy (non-hydrogen) atoms. The molecule has 3 N–H and O–H groups in total. The van der Waals surface area contributed by atoms with Gasteiger partial charge in [0.05, 0.1) is 24.8 Å². The van der Waals surface area contributed by atoms with Gasteiger partial charge in [-0.25, -0.2) is 4.79 Å². The van der Waals surface area contributed by atoms with Crippen LogP contribution < -0.4 is 5.56 Å². The average Bonchev–Trinajstić information content (AvgIpc) is 2.42. The molecule has 0 spiro atoms. The fraction of sp³-hybridized carbons (Fsp3) is 0.231. The molecule has 0 aliphatic carbocycles. The van der Waals surface area contributed by atoms with Crippen LogP contribution >= 0.6 is 0 Å². The molecule has 1 heterocycles. The van der Waals surface area contributed by atoms with Crippen molar-refractivity contribution in [3.63, 3.8) is 0 Å². The van der Waals surface area contributed by atoms with Gasteiger partial charge in [-0.15, -0.1) is 0 Å². The molecule has 0 amide bonds. The number of fused-ring (bicyclic) bond motifs is 1. The van der Waals surface area contributed by atoms with Crippen molar-refractivity contribution in [1.82, 2.24) is 4.57 Å². The van der Waals surface area contributed by atoms with Gasteiger partial charge in [0, 0.05) is 17.0 Å². The highest BCUT2D eigenvalue weighted by Gasteiger charge is 2.15. The molecule has 6 nitrogen and oxygen atoms in total. The Hall–Kier alpha value is -2.18. The molecule has 0 atom stereocenters. The molecular weight excluding hydrogens is 250 g/mol. The van der Waals surface area contributed by atoms with Crippen LogP contribution in [-0.2, 0) is 0 Å². The van der Waals surface area contributed by atoms with Crippen LogP contribution in [0.4, 0.5) is 0 Å². The van der Waals surface area contributed by atoms with Gasteiger partial charge in [0.25, 0.3) is 5.56 Å². The normalized spacial score (nSPS) is 11.1. The SMILES string of the molecule is O=C(O)c1cccc2c(=O)n(C(CO)CO)ccc12. The first-order chi connectivity index (χ1) is 9.10. The highest BCUT2D eigenvalue weighted by atomic mass is 16.4. The highest BCUT2D eigenvalue weighted by Crippen LogP contribution is 2.16. The number of aliphatic hydroxyl groups is 2. The molecule has 100 valence electrons. The number of hydrogen-bond donors (Lipinski definition) is 3. The Morgan fingerprint density at radius 3 is 2.42 bits per heavy atom. The Labute approximate surface area is 108 Å². The third kappa shape index (κ3) is 2.23. The number of benzene rings is 1. The van der Waals surface area contributed by atoms with Gasteiger partial charge in [0.15, 0.2) is 0 Å². The molecule has 0 bridgehead atoms. The second-order valence-corrected chi connectivity index (χ2v) is 4.12. The van der Waals surface area contributed by atoms with E-state index in [4.69, 9.17) is 15.3 Å². The lowest BCUT2D eigenvalue weighted by molar-refractivity contribution is 0.0699. The minimum absolute atomic E-state index is 0.0475. The van der Waals surface area contributed by atoms with Crippen molar-refractivity contribution < 1.29 is 20.1 Å². The summed E-state index contributed by atoms with van der Waals surface area (Å²) < 4.78 is 1.20. The van der Waals surface area contributed by atoms with E-state index in [1.165, 1.54) is 35.0 Å². The van der Waals surface area contributed by atoms with Gasteiger partial charge in [-0.3, -0.25) is 4.79 Å². The van der Waals surface area contributed by atoms with Crippen molar-refractivity contribution in [2.45, 2.75) is 6.04 Å². The van der Waals surface area contributed by atoms with Gasteiger partial charge in [0.1, 0.15) is 0 Å². The minimum Gasteiger partial charge on any atom is -0.478 e. The summed E-state index contributed by atoms with van der Waals surface area (Å²) in [4.78, 5) is 23.3. The van der Waals surface area contributed by atoms with Gasteiger partial charge in [0.2, 0.25) is 0 Å². The number of pyridine rings is 1. The lowest BCUT2D eigenvalue weighted by Gasteiger charge is -2.15. The topological polar surface area (TPSA) is 99.8 Å². The number of carbonyl (C=O) groups is 1. The standard InChI is InChI=1S/C13H13NO5/c15-6-8(7-16)14-5-4-9-10(12(14)17)2-1-3-11(9)13(18)19/h1-5,8,15-16H,6-7H2,(H,18,19). The Kier molecular flexibility index (Phi) is 3.64. The monoisotopic (exact) mass is 263 g/mol. The van der Waals surface area contributed by atoms with E-state index in [1.54, 1.807) is 0 Å². The van der Waals surface area contributed by atoms with E-state index < -0.39 is 17.6 Å². The third-order valence-corrected chi connectivity index (χ3v) is 3.02. The zero-order chi connectivity index (χ0) is 14.0. The van der Waals surface area contributed by atoms with E-state index in [0.717, 1.165) is 0 Å². The van der Waals surface area contributed by atoms with Crippen LogP contribution in [0.25, 0.3) is 10.8 Å². The third-order valence-electron chi connectivity index (χ3n) is 3.02. The summed E-state index contributed by atoms with van der Waals surface area (Å²) in [7, 11) is 0. The van der Waals surface area contributed by atoms with Crippen LogP contribution in [0.2, 0.25) is 0 Å². The summed E-state index contributed by atoms with van der Waals surface area (Å²) in [6, 6.07) is 5.20. The maximum absolute atomic E-state index is 12.2. The first kappa shape index (κ1) is 13.3. The Morgan fingerprint density at radius 2 is 1.84 bits per heavy atom. The maximum atomic E-state index is 12.2. The molecule has 0 saturated carbocycles. The molecule has 0 saturated heterocycles. The van der Waals surface area contributed by atoms with Crippen molar-refractivity contribution in [2.24, 2.45) is 0 Å². The average molecular weight is 263 g/mol. The van der Waals surface area contributed by atoms with E-state index in [0.29, 0.717) is 5.39 Å². The number of aliphatic hydroxyl groups excluding tert-OH is 2. The molecule has 2 rings (SSSR count). The number of carboxylic acid groups (broad SMARTS) is 1. The van der Waals surface area contributed by atoms with E-state index in [-0.39, 0.29) is 24.2 Å². The summed E-state index contributed by atoms with van der Waals surface area (Å²) in [5.74, 6) is -1.11. The van der Waals surface area contributed by atoms with Gasteiger partial charge < -0.3 is 19.9 Å². The Balaban J connectivity index is 2.73. The molecule has 0 fully saturated rings. The fourth-order valence-corrected chi connectivity index (χ4v) is 2.00. The lowest BCUT2D eigenvalue weighted by Crippen LogP contribution is -2.29. The summed E-state index contributed by atoms with van der Waals surface area (Å²) in [6.45, 7) is -0.749. The van der Waals surface area contributed by atoms with Crippen LogP contribution in [-0.4, -0.2) is 39.1 Å². The first-order valence-electron chi connectivity index (χ1n) is 5.69. The number of aromatic nitrogens is 1. The number of aromatic carboxylic acids is 1. The van der Waals surface area contributed by atoms with Gasteiger partial charge in [-0.05, 0) is 18.2 Å². The second kappa shape index (κ2) is 5.21. The first-order valence-corrected chi connectivity index (χ1v) is 5.69. The van der Waals surface area contributed by atoms with E-state index >= 15 is 0 Å². The van der Waals surface area contributed by atoms with E-state index in [1.807, 2.05) is 0 Å². The van der Waals surface area contributed by atoms with Crippen molar-refractivity contribution in [1.29, 1.82) is 0 Å². The zero-order valence-electron chi connectivity index (χ0n) is 9.98. The van der Waals surface area contributed by atoms with Crippen molar-refractivity contribution in [2.75, 3.05) is 13.2 Å². The number of nitrogens with zero attached hydrogens (tertiary/aromatic N) is 1. The van der Waals surface area contributed by atoms with Crippen LogP contribution in [0.5, 0.6) is 0 Å². The molecule has 2 aromatic rings. The summed E-state index contributed by atoms with van der Waals surface area (Å²) in [5, 5.41) is 27.8. The number of carboxylic acids is 1. The number of hydrogen-bond acceptors (Lipinski definition) is 4. The van der Waals surface area contributed by atoms with Crippen molar-refractivity contribution in [3.8, 4) is 0 Å².